The summed E-state index contributed by atoms with van der Waals surface area (Å²) < 4.78 is 52.5. The number of methoxy groups -OCH3 is 1. The van der Waals surface area contributed by atoms with Gasteiger partial charge in [0.15, 0.2) is 0 Å². The summed E-state index contributed by atoms with van der Waals surface area (Å²) in [5, 5.41) is 8.98. The molecule has 0 saturated heterocycles. The highest BCUT2D eigenvalue weighted by Gasteiger charge is 2.43. The van der Waals surface area contributed by atoms with Crippen molar-refractivity contribution in [2.45, 2.75) is 24.7 Å². The van der Waals surface area contributed by atoms with Crippen LogP contribution in [0.15, 0.2) is 72.9 Å². The zero-order valence-electron chi connectivity index (χ0n) is 20.6. The van der Waals surface area contributed by atoms with Crippen LogP contribution in [0.4, 0.5) is 19.1 Å². The topological polar surface area (TPSA) is 146 Å². The minimum Gasteiger partial charge on any atom is -0.495 e. The van der Waals surface area contributed by atoms with Crippen LogP contribution in [0.5, 0.6) is 11.6 Å². The third-order valence-electron chi connectivity index (χ3n) is 5.76. The highest BCUT2D eigenvalue weighted by Crippen LogP contribution is 2.38. The number of rotatable bonds is 9. The van der Waals surface area contributed by atoms with Gasteiger partial charge in [-0.2, -0.15) is 18.2 Å². The largest absolute Gasteiger partial charge is 0.495 e. The maximum absolute atomic E-state index is 14.0. The lowest BCUT2D eigenvalue weighted by atomic mass is 10.0. The van der Waals surface area contributed by atoms with Crippen LogP contribution >= 0.6 is 0 Å². The van der Waals surface area contributed by atoms with Crippen molar-refractivity contribution in [1.29, 1.82) is 0 Å². The van der Waals surface area contributed by atoms with E-state index in [1.807, 2.05) is 0 Å². The lowest BCUT2D eigenvalue weighted by Gasteiger charge is -2.22. The van der Waals surface area contributed by atoms with Crippen LogP contribution in [0.1, 0.15) is 17.2 Å². The molecule has 0 aliphatic rings. The van der Waals surface area contributed by atoms with E-state index in [2.05, 4.69) is 15.0 Å². The first kappa shape index (κ1) is 27.3. The number of hydrogen-bond donors (Lipinski definition) is 3. The van der Waals surface area contributed by atoms with E-state index >= 15 is 0 Å². The number of ether oxygens (including phenoxy) is 2. The summed E-state index contributed by atoms with van der Waals surface area (Å²) in [6.45, 7) is 0. The van der Waals surface area contributed by atoms with Crippen LogP contribution in [0.3, 0.4) is 0 Å². The van der Waals surface area contributed by atoms with E-state index in [1.54, 1.807) is 36.4 Å². The SMILES string of the molecule is COc1ccc(-c2ccc([C@H](Oc3cc(-c4ccc(C[C@H](N)C(=O)O)cc4)nc(N)n3)C(F)(F)F)cc2)nc1. The number of aromatic nitrogens is 3. The molecule has 0 amide bonds. The second-order valence-electron chi connectivity index (χ2n) is 8.54. The smallest absolute Gasteiger partial charge is 0.429 e. The van der Waals surface area contributed by atoms with E-state index in [0.29, 0.717) is 28.1 Å². The van der Waals surface area contributed by atoms with Crippen molar-refractivity contribution < 1.29 is 32.5 Å². The number of nitrogens with zero attached hydrogens (tertiary/aromatic N) is 3. The predicted octanol–water partition coefficient (Wildman–Crippen LogP) is 4.43. The fraction of sp³-hybridized carbons (Fsp3) is 0.185. The lowest BCUT2D eigenvalue weighted by molar-refractivity contribution is -0.198. The van der Waals surface area contributed by atoms with Crippen molar-refractivity contribution in [2.75, 3.05) is 12.8 Å². The number of pyridine rings is 1. The van der Waals surface area contributed by atoms with Gasteiger partial charge in [0.05, 0.1) is 24.7 Å². The molecule has 0 saturated carbocycles. The predicted molar refractivity (Wildman–Crippen MR) is 137 cm³/mol. The monoisotopic (exact) mass is 539 g/mol. The van der Waals surface area contributed by atoms with Gasteiger partial charge < -0.3 is 26.0 Å². The van der Waals surface area contributed by atoms with Crippen LogP contribution in [0, 0.1) is 0 Å². The number of hydrogen-bond acceptors (Lipinski definition) is 8. The summed E-state index contributed by atoms with van der Waals surface area (Å²) in [4.78, 5) is 23.1. The lowest BCUT2D eigenvalue weighted by Crippen LogP contribution is -2.32. The Bertz CT molecular complexity index is 1430. The third kappa shape index (κ3) is 6.79. The van der Waals surface area contributed by atoms with E-state index in [4.69, 9.17) is 26.0 Å². The standard InChI is InChI=1S/C27H24F3N5O4/c1-38-19-10-11-21(33-14-19)16-6-8-18(9-7-16)24(27(28,29)30)39-23-13-22(34-26(32)35-23)17-4-2-15(3-5-17)12-20(31)25(36)37/h2-11,13-14,20,24H,12,31H2,1H3,(H,36,37)(H2,32,34,35)/t20-,24-/m0/s1. The number of nitrogen functional groups attached to an aromatic ring is 1. The van der Waals surface area contributed by atoms with Gasteiger partial charge in [0.25, 0.3) is 0 Å². The molecule has 2 heterocycles. The normalized spacial score (nSPS) is 12.9. The molecule has 0 radical (unpaired) electrons. The maximum Gasteiger partial charge on any atom is 0.429 e. The Morgan fingerprint density at radius 3 is 2.18 bits per heavy atom. The zero-order valence-corrected chi connectivity index (χ0v) is 20.6. The Morgan fingerprint density at radius 1 is 0.974 bits per heavy atom. The molecular formula is C27H24F3N5O4. The molecule has 39 heavy (non-hydrogen) atoms. The number of alkyl halides is 3. The van der Waals surface area contributed by atoms with Crippen LogP contribution < -0.4 is 20.9 Å². The van der Waals surface area contributed by atoms with E-state index in [1.165, 1.54) is 43.6 Å². The molecule has 202 valence electrons. The molecular weight excluding hydrogens is 515 g/mol. The Balaban J connectivity index is 1.57. The van der Waals surface area contributed by atoms with Gasteiger partial charge in [-0.1, -0.05) is 48.5 Å². The fourth-order valence-corrected chi connectivity index (χ4v) is 3.75. The highest BCUT2D eigenvalue weighted by atomic mass is 19.4. The van der Waals surface area contributed by atoms with Gasteiger partial charge in [0.2, 0.25) is 17.9 Å². The summed E-state index contributed by atoms with van der Waals surface area (Å²) in [6, 6.07) is 15.8. The first-order chi connectivity index (χ1) is 18.5. The molecule has 2 atom stereocenters. The van der Waals surface area contributed by atoms with Gasteiger partial charge >= 0.3 is 12.1 Å². The molecule has 4 aromatic rings. The number of nitrogens with two attached hydrogens (primary N) is 2. The van der Waals surface area contributed by atoms with Crippen LogP contribution in [-0.2, 0) is 11.2 Å². The number of carbonyl (C=O) groups is 1. The molecule has 0 aliphatic heterocycles. The number of anilines is 1. The number of carboxylic acids is 1. The van der Waals surface area contributed by atoms with Gasteiger partial charge in [0.1, 0.15) is 11.8 Å². The van der Waals surface area contributed by atoms with Crippen molar-refractivity contribution in [3.05, 3.63) is 84.1 Å². The Hall–Kier alpha value is -4.71. The molecule has 4 rings (SSSR count). The number of aliphatic carboxylic acids is 1. The van der Waals surface area contributed by atoms with Crippen molar-refractivity contribution in [2.24, 2.45) is 5.73 Å². The first-order valence-corrected chi connectivity index (χ1v) is 11.6. The fourth-order valence-electron chi connectivity index (χ4n) is 3.75. The molecule has 5 N–H and O–H groups in total. The molecule has 0 bridgehead atoms. The van der Waals surface area contributed by atoms with Crippen LogP contribution in [0.2, 0.25) is 0 Å². The Morgan fingerprint density at radius 2 is 1.62 bits per heavy atom. The molecule has 0 spiro atoms. The van der Waals surface area contributed by atoms with Gasteiger partial charge in [-0.25, -0.2) is 4.98 Å². The summed E-state index contributed by atoms with van der Waals surface area (Å²) in [5.74, 6) is -1.21. The average Bonchev–Trinajstić information content (AvgIpc) is 2.91. The van der Waals surface area contributed by atoms with Gasteiger partial charge in [-0.3, -0.25) is 9.78 Å². The van der Waals surface area contributed by atoms with Gasteiger partial charge in [-0.15, -0.1) is 0 Å². The van der Waals surface area contributed by atoms with Gasteiger partial charge in [0, 0.05) is 22.8 Å². The zero-order chi connectivity index (χ0) is 28.2. The second-order valence-corrected chi connectivity index (χ2v) is 8.54. The minimum absolute atomic E-state index is 0.108. The highest BCUT2D eigenvalue weighted by molar-refractivity contribution is 5.73. The second kappa shape index (κ2) is 11.4. The number of carboxylic acid groups (broad SMARTS) is 1. The van der Waals surface area contributed by atoms with Crippen LogP contribution in [0.25, 0.3) is 22.5 Å². The molecule has 12 heteroatoms. The van der Waals surface area contributed by atoms with E-state index in [0.717, 1.165) is 0 Å². The number of halogens is 3. The van der Waals surface area contributed by atoms with Crippen molar-refractivity contribution in [3.8, 4) is 34.1 Å². The van der Waals surface area contributed by atoms with Crippen LogP contribution in [-0.4, -0.2) is 45.4 Å². The molecule has 0 unspecified atom stereocenters. The number of benzene rings is 2. The summed E-state index contributed by atoms with van der Waals surface area (Å²) in [7, 11) is 1.51. The summed E-state index contributed by atoms with van der Waals surface area (Å²) in [6.07, 6.45) is -5.46. The Labute approximate surface area is 221 Å². The molecule has 2 aromatic carbocycles. The Kier molecular flexibility index (Phi) is 7.96. The molecule has 0 fully saturated rings. The van der Waals surface area contributed by atoms with Crippen molar-refractivity contribution >= 4 is 11.9 Å². The first-order valence-electron chi connectivity index (χ1n) is 11.6. The van der Waals surface area contributed by atoms with E-state index < -0.39 is 24.3 Å². The molecule has 2 aromatic heterocycles. The quantitative estimate of drug-likeness (QED) is 0.281. The molecule has 9 nitrogen and oxygen atoms in total. The van der Waals surface area contributed by atoms with Crippen molar-refractivity contribution in [1.82, 2.24) is 15.0 Å². The van der Waals surface area contributed by atoms with Gasteiger partial charge in [-0.05, 0) is 24.1 Å². The van der Waals surface area contributed by atoms with E-state index in [9.17, 15) is 18.0 Å². The van der Waals surface area contributed by atoms with E-state index in [-0.39, 0.29) is 29.5 Å². The summed E-state index contributed by atoms with van der Waals surface area (Å²) in [5.41, 5.74) is 13.8. The minimum atomic E-state index is -4.76. The average molecular weight is 540 g/mol. The molecule has 0 aliphatic carbocycles. The van der Waals surface area contributed by atoms with Crippen molar-refractivity contribution in [3.63, 3.8) is 0 Å². The maximum atomic E-state index is 14.0. The summed E-state index contributed by atoms with van der Waals surface area (Å²) >= 11 is 0. The third-order valence-corrected chi connectivity index (χ3v) is 5.76.